The standard InChI is InChI=1S/C12H18N2O2S/c1-4-16-10-6-5-9(7-13-10)14-12(15)11(17)8(2)3/h5-8,11,17H,4H2,1-3H3,(H,14,15). The molecule has 0 saturated heterocycles. The van der Waals surface area contributed by atoms with Crippen LogP contribution in [-0.4, -0.2) is 22.7 Å². The van der Waals surface area contributed by atoms with Gasteiger partial charge in [-0.3, -0.25) is 4.79 Å². The molecule has 0 aliphatic carbocycles. The summed E-state index contributed by atoms with van der Waals surface area (Å²) in [4.78, 5) is 15.8. The molecule has 0 saturated carbocycles. The topological polar surface area (TPSA) is 51.2 Å². The van der Waals surface area contributed by atoms with Gasteiger partial charge in [0, 0.05) is 6.07 Å². The maximum Gasteiger partial charge on any atom is 0.237 e. The zero-order valence-corrected chi connectivity index (χ0v) is 11.2. The summed E-state index contributed by atoms with van der Waals surface area (Å²) >= 11 is 4.25. The van der Waals surface area contributed by atoms with Gasteiger partial charge in [0.1, 0.15) is 0 Å². The van der Waals surface area contributed by atoms with Gasteiger partial charge in [0.2, 0.25) is 11.8 Å². The van der Waals surface area contributed by atoms with Gasteiger partial charge in [-0.05, 0) is 18.9 Å². The maximum absolute atomic E-state index is 11.7. The Labute approximate surface area is 107 Å². The third kappa shape index (κ3) is 4.26. The van der Waals surface area contributed by atoms with E-state index in [1.165, 1.54) is 0 Å². The molecule has 0 aliphatic heterocycles. The molecule has 17 heavy (non-hydrogen) atoms. The van der Waals surface area contributed by atoms with E-state index in [4.69, 9.17) is 4.74 Å². The van der Waals surface area contributed by atoms with Crippen LogP contribution in [0.3, 0.4) is 0 Å². The number of aromatic nitrogens is 1. The predicted molar refractivity (Wildman–Crippen MR) is 71.6 cm³/mol. The first-order valence-corrected chi connectivity index (χ1v) is 6.14. The fourth-order valence-corrected chi connectivity index (χ4v) is 1.27. The first kappa shape index (κ1) is 13.8. The van der Waals surface area contributed by atoms with Gasteiger partial charge in [-0.1, -0.05) is 13.8 Å². The van der Waals surface area contributed by atoms with Gasteiger partial charge in [-0.15, -0.1) is 0 Å². The predicted octanol–water partition coefficient (Wildman–Crippen LogP) is 2.37. The van der Waals surface area contributed by atoms with Crippen molar-refractivity contribution in [1.29, 1.82) is 0 Å². The van der Waals surface area contributed by atoms with Crippen molar-refractivity contribution in [3.05, 3.63) is 18.3 Å². The van der Waals surface area contributed by atoms with Crippen LogP contribution in [0.15, 0.2) is 18.3 Å². The Balaban J connectivity index is 2.60. The van der Waals surface area contributed by atoms with E-state index in [9.17, 15) is 4.79 Å². The zero-order chi connectivity index (χ0) is 12.8. The van der Waals surface area contributed by atoms with Crippen LogP contribution in [0.2, 0.25) is 0 Å². The second kappa shape index (κ2) is 6.49. The summed E-state index contributed by atoms with van der Waals surface area (Å²) in [7, 11) is 0. The second-order valence-corrected chi connectivity index (χ2v) is 4.55. The Bertz CT molecular complexity index is 365. The van der Waals surface area contributed by atoms with Crippen LogP contribution in [-0.2, 0) is 4.79 Å². The fraction of sp³-hybridized carbons (Fsp3) is 0.500. The normalized spacial score (nSPS) is 12.3. The van der Waals surface area contributed by atoms with E-state index in [1.54, 1.807) is 18.3 Å². The number of nitrogens with zero attached hydrogens (tertiary/aromatic N) is 1. The molecule has 1 heterocycles. The average molecular weight is 254 g/mol. The third-order valence-corrected chi connectivity index (χ3v) is 3.03. The molecular formula is C12H18N2O2S. The quantitative estimate of drug-likeness (QED) is 0.793. The summed E-state index contributed by atoms with van der Waals surface area (Å²) in [6.45, 7) is 6.37. The number of carbonyl (C=O) groups excluding carboxylic acids is 1. The maximum atomic E-state index is 11.7. The Kier molecular flexibility index (Phi) is 5.28. The highest BCUT2D eigenvalue weighted by molar-refractivity contribution is 7.81. The van der Waals surface area contributed by atoms with E-state index in [0.717, 1.165) is 0 Å². The molecule has 1 aromatic heterocycles. The van der Waals surface area contributed by atoms with Gasteiger partial charge in [0.05, 0.1) is 23.7 Å². The Hall–Kier alpha value is -1.23. The molecule has 1 unspecified atom stereocenters. The van der Waals surface area contributed by atoms with Crippen LogP contribution in [0.4, 0.5) is 5.69 Å². The summed E-state index contributed by atoms with van der Waals surface area (Å²) < 4.78 is 5.21. The van der Waals surface area contributed by atoms with Crippen molar-refractivity contribution < 1.29 is 9.53 Å². The largest absolute Gasteiger partial charge is 0.478 e. The zero-order valence-electron chi connectivity index (χ0n) is 10.3. The van der Waals surface area contributed by atoms with Gasteiger partial charge < -0.3 is 10.1 Å². The molecule has 0 aromatic carbocycles. The third-order valence-electron chi connectivity index (χ3n) is 2.20. The Morgan fingerprint density at radius 1 is 1.53 bits per heavy atom. The smallest absolute Gasteiger partial charge is 0.237 e. The van der Waals surface area contributed by atoms with Gasteiger partial charge in [0.15, 0.2) is 0 Å². The van der Waals surface area contributed by atoms with Crippen molar-refractivity contribution >= 4 is 24.2 Å². The van der Waals surface area contributed by atoms with E-state index in [2.05, 4.69) is 22.9 Å². The lowest BCUT2D eigenvalue weighted by atomic mass is 10.1. The lowest BCUT2D eigenvalue weighted by Crippen LogP contribution is -2.27. The number of thiol groups is 1. The average Bonchev–Trinajstić information content (AvgIpc) is 2.30. The fourth-order valence-electron chi connectivity index (χ4n) is 1.21. The molecule has 0 bridgehead atoms. The van der Waals surface area contributed by atoms with E-state index in [-0.39, 0.29) is 17.1 Å². The Morgan fingerprint density at radius 3 is 2.71 bits per heavy atom. The summed E-state index contributed by atoms with van der Waals surface area (Å²) in [5.74, 6) is 0.625. The molecule has 1 rings (SSSR count). The van der Waals surface area contributed by atoms with Gasteiger partial charge in [0.25, 0.3) is 0 Å². The molecule has 1 aromatic rings. The molecule has 0 fully saturated rings. The summed E-state index contributed by atoms with van der Waals surface area (Å²) in [5.41, 5.74) is 0.651. The molecule has 0 aliphatic rings. The molecular weight excluding hydrogens is 236 g/mol. The van der Waals surface area contributed by atoms with E-state index >= 15 is 0 Å². The molecule has 94 valence electrons. The number of hydrogen-bond donors (Lipinski definition) is 2. The van der Waals surface area contributed by atoms with Crippen molar-refractivity contribution in [2.45, 2.75) is 26.0 Å². The van der Waals surface area contributed by atoms with Crippen LogP contribution in [0.5, 0.6) is 5.88 Å². The highest BCUT2D eigenvalue weighted by Crippen LogP contribution is 2.15. The lowest BCUT2D eigenvalue weighted by Gasteiger charge is -2.14. The number of pyridine rings is 1. The van der Waals surface area contributed by atoms with Gasteiger partial charge in [-0.25, -0.2) is 4.98 Å². The Morgan fingerprint density at radius 2 is 2.24 bits per heavy atom. The van der Waals surface area contributed by atoms with Crippen LogP contribution in [0.25, 0.3) is 0 Å². The van der Waals surface area contributed by atoms with Gasteiger partial charge >= 0.3 is 0 Å². The molecule has 0 spiro atoms. The highest BCUT2D eigenvalue weighted by atomic mass is 32.1. The van der Waals surface area contributed by atoms with E-state index in [0.29, 0.717) is 18.2 Å². The van der Waals surface area contributed by atoms with E-state index in [1.807, 2.05) is 20.8 Å². The van der Waals surface area contributed by atoms with Crippen LogP contribution < -0.4 is 10.1 Å². The monoisotopic (exact) mass is 254 g/mol. The van der Waals surface area contributed by atoms with Gasteiger partial charge in [-0.2, -0.15) is 12.6 Å². The number of hydrogen-bond acceptors (Lipinski definition) is 4. The SMILES string of the molecule is CCOc1ccc(NC(=O)C(S)C(C)C)cn1. The summed E-state index contributed by atoms with van der Waals surface area (Å²) in [5, 5.41) is 2.44. The van der Waals surface area contributed by atoms with Crippen molar-refractivity contribution in [2.24, 2.45) is 5.92 Å². The minimum absolute atomic E-state index is 0.116. The minimum atomic E-state index is -0.318. The number of amides is 1. The highest BCUT2D eigenvalue weighted by Gasteiger charge is 2.17. The van der Waals surface area contributed by atoms with Crippen LogP contribution in [0.1, 0.15) is 20.8 Å². The number of rotatable bonds is 5. The molecule has 1 atom stereocenters. The van der Waals surface area contributed by atoms with Crippen molar-refractivity contribution in [1.82, 2.24) is 4.98 Å². The lowest BCUT2D eigenvalue weighted by molar-refractivity contribution is -0.116. The molecule has 5 heteroatoms. The molecule has 0 radical (unpaired) electrons. The first-order chi connectivity index (χ1) is 8.04. The van der Waals surface area contributed by atoms with Crippen molar-refractivity contribution in [3.63, 3.8) is 0 Å². The summed E-state index contributed by atoms with van der Waals surface area (Å²) in [6.07, 6.45) is 1.57. The second-order valence-electron chi connectivity index (χ2n) is 4.00. The van der Waals surface area contributed by atoms with Crippen molar-refractivity contribution in [3.8, 4) is 5.88 Å². The number of nitrogens with one attached hydrogen (secondary N) is 1. The minimum Gasteiger partial charge on any atom is -0.478 e. The molecule has 1 N–H and O–H groups in total. The van der Waals surface area contributed by atoms with Crippen LogP contribution >= 0.6 is 12.6 Å². The first-order valence-electron chi connectivity index (χ1n) is 5.62. The number of anilines is 1. The molecule has 1 amide bonds. The van der Waals surface area contributed by atoms with Crippen LogP contribution in [0, 0.1) is 5.92 Å². The summed E-state index contributed by atoms with van der Waals surface area (Å²) in [6, 6.07) is 3.48. The number of ether oxygens (including phenoxy) is 1. The number of carbonyl (C=O) groups is 1. The van der Waals surface area contributed by atoms with E-state index < -0.39 is 0 Å². The van der Waals surface area contributed by atoms with Crippen molar-refractivity contribution in [2.75, 3.05) is 11.9 Å². The molecule has 4 nitrogen and oxygen atoms in total.